The third kappa shape index (κ3) is 8.41. The summed E-state index contributed by atoms with van der Waals surface area (Å²) in [5, 5.41) is 13.6. The van der Waals surface area contributed by atoms with Crippen LogP contribution < -0.4 is 10.6 Å². The molecule has 21 heavy (non-hydrogen) atoms. The summed E-state index contributed by atoms with van der Waals surface area (Å²) in [6.07, 6.45) is 1.47. The monoisotopic (exact) mass is 292 g/mol. The first-order chi connectivity index (χ1) is 10.1. The number of rotatable bonds is 9. The first kappa shape index (κ1) is 16.7. The van der Waals surface area contributed by atoms with Crippen molar-refractivity contribution in [2.75, 3.05) is 13.1 Å². The highest BCUT2D eigenvalue weighted by Crippen LogP contribution is 1.98. The van der Waals surface area contributed by atoms with Gasteiger partial charge in [0.15, 0.2) is 0 Å². The second-order valence-corrected chi connectivity index (χ2v) is 4.64. The van der Waals surface area contributed by atoms with Crippen LogP contribution in [0.3, 0.4) is 0 Å². The van der Waals surface area contributed by atoms with E-state index in [0.29, 0.717) is 19.4 Å². The quantitative estimate of drug-likeness (QED) is 0.584. The molecule has 6 heteroatoms. The van der Waals surface area contributed by atoms with Gasteiger partial charge in [-0.15, -0.1) is 0 Å². The van der Waals surface area contributed by atoms with Gasteiger partial charge >= 0.3 is 5.97 Å². The molecular formula is C15H20N2O4. The van der Waals surface area contributed by atoms with Gasteiger partial charge in [0.2, 0.25) is 11.8 Å². The van der Waals surface area contributed by atoms with E-state index in [4.69, 9.17) is 5.11 Å². The lowest BCUT2D eigenvalue weighted by molar-refractivity contribution is -0.137. The second kappa shape index (κ2) is 9.52. The zero-order valence-electron chi connectivity index (χ0n) is 11.8. The molecule has 0 saturated heterocycles. The maximum atomic E-state index is 11.6. The Labute approximate surface area is 123 Å². The summed E-state index contributed by atoms with van der Waals surface area (Å²) in [6, 6.07) is 9.28. The Morgan fingerprint density at radius 3 is 2.33 bits per heavy atom. The molecule has 0 aliphatic carbocycles. The molecule has 0 spiro atoms. The molecule has 1 aromatic rings. The van der Waals surface area contributed by atoms with E-state index in [-0.39, 0.29) is 31.2 Å². The van der Waals surface area contributed by atoms with Crippen LogP contribution >= 0.6 is 0 Å². The molecule has 0 aliphatic heterocycles. The number of unbranched alkanes of at least 4 members (excludes halogenated alkanes) is 1. The molecule has 0 unspecified atom stereocenters. The second-order valence-electron chi connectivity index (χ2n) is 4.64. The van der Waals surface area contributed by atoms with Crippen molar-refractivity contribution in [2.45, 2.75) is 25.7 Å². The van der Waals surface area contributed by atoms with Crippen LogP contribution in [-0.4, -0.2) is 36.0 Å². The van der Waals surface area contributed by atoms with Crippen LogP contribution in [0.5, 0.6) is 0 Å². The molecule has 3 N–H and O–H groups in total. The van der Waals surface area contributed by atoms with Gasteiger partial charge in [0.25, 0.3) is 0 Å². The number of carboxylic acids is 1. The van der Waals surface area contributed by atoms with Crippen molar-refractivity contribution in [2.24, 2.45) is 0 Å². The molecule has 0 fully saturated rings. The Morgan fingerprint density at radius 1 is 0.952 bits per heavy atom. The maximum absolute atomic E-state index is 11.6. The van der Waals surface area contributed by atoms with Crippen molar-refractivity contribution in [1.29, 1.82) is 0 Å². The molecule has 6 nitrogen and oxygen atoms in total. The van der Waals surface area contributed by atoms with Crippen LogP contribution in [0.1, 0.15) is 24.8 Å². The Balaban J connectivity index is 2.09. The van der Waals surface area contributed by atoms with Gasteiger partial charge in [-0.2, -0.15) is 0 Å². The van der Waals surface area contributed by atoms with E-state index in [1.54, 1.807) is 0 Å². The number of aliphatic carboxylic acids is 1. The van der Waals surface area contributed by atoms with Gasteiger partial charge in [-0.3, -0.25) is 14.4 Å². The number of carbonyl (C=O) groups excluding carboxylic acids is 2. The van der Waals surface area contributed by atoms with Gasteiger partial charge in [0, 0.05) is 13.0 Å². The summed E-state index contributed by atoms with van der Waals surface area (Å²) in [6.45, 7) is 0.352. The van der Waals surface area contributed by atoms with E-state index in [1.165, 1.54) is 0 Å². The highest BCUT2D eigenvalue weighted by Gasteiger charge is 2.06. The molecule has 2 amide bonds. The van der Waals surface area contributed by atoms with Gasteiger partial charge in [-0.1, -0.05) is 30.3 Å². The van der Waals surface area contributed by atoms with E-state index in [9.17, 15) is 14.4 Å². The number of hydrogen-bond donors (Lipinski definition) is 3. The normalized spacial score (nSPS) is 9.90. The fraction of sp³-hybridized carbons (Fsp3) is 0.400. The summed E-state index contributed by atoms with van der Waals surface area (Å²) in [7, 11) is 0. The predicted molar refractivity (Wildman–Crippen MR) is 77.7 cm³/mol. The van der Waals surface area contributed by atoms with Crippen LogP contribution in [0.15, 0.2) is 30.3 Å². The smallest absolute Gasteiger partial charge is 0.303 e. The molecule has 0 heterocycles. The highest BCUT2D eigenvalue weighted by molar-refractivity contribution is 5.85. The third-order valence-corrected chi connectivity index (χ3v) is 2.79. The Bertz CT molecular complexity index is 474. The Hall–Kier alpha value is -2.37. The standard InChI is InChI=1S/C15H20N2O4/c18-13(10-12-6-2-1-3-7-12)17-11-14(19)16-9-5-4-8-15(20)21/h1-3,6-7H,4-5,8-11H2,(H,16,19)(H,17,18)(H,20,21). The van der Waals surface area contributed by atoms with Crippen molar-refractivity contribution in [3.8, 4) is 0 Å². The molecule has 0 aromatic heterocycles. The average molecular weight is 292 g/mol. The molecule has 1 aromatic carbocycles. The molecule has 114 valence electrons. The fourth-order valence-corrected chi connectivity index (χ4v) is 1.71. The number of nitrogens with one attached hydrogen (secondary N) is 2. The lowest BCUT2D eigenvalue weighted by atomic mass is 10.1. The Kier molecular flexibility index (Phi) is 7.56. The summed E-state index contributed by atoms with van der Waals surface area (Å²) in [5.41, 5.74) is 0.893. The molecule has 0 atom stereocenters. The molecule has 0 bridgehead atoms. The average Bonchev–Trinajstić information content (AvgIpc) is 2.45. The van der Waals surface area contributed by atoms with Crippen LogP contribution in [-0.2, 0) is 20.8 Å². The predicted octanol–water partition coefficient (Wildman–Crippen LogP) is 0.716. The van der Waals surface area contributed by atoms with Crippen molar-refractivity contribution >= 4 is 17.8 Å². The third-order valence-electron chi connectivity index (χ3n) is 2.79. The van der Waals surface area contributed by atoms with Crippen LogP contribution in [0.25, 0.3) is 0 Å². The van der Waals surface area contributed by atoms with E-state index < -0.39 is 5.97 Å². The Morgan fingerprint density at radius 2 is 1.67 bits per heavy atom. The molecule has 1 rings (SSSR count). The molecule has 0 radical (unpaired) electrons. The van der Waals surface area contributed by atoms with Crippen LogP contribution in [0.4, 0.5) is 0 Å². The largest absolute Gasteiger partial charge is 0.481 e. The van der Waals surface area contributed by atoms with E-state index in [1.807, 2.05) is 30.3 Å². The maximum Gasteiger partial charge on any atom is 0.303 e. The lowest BCUT2D eigenvalue weighted by Crippen LogP contribution is -2.37. The van der Waals surface area contributed by atoms with Gasteiger partial charge in [-0.05, 0) is 18.4 Å². The number of carbonyl (C=O) groups is 3. The minimum Gasteiger partial charge on any atom is -0.481 e. The van der Waals surface area contributed by atoms with E-state index in [2.05, 4.69) is 10.6 Å². The zero-order chi connectivity index (χ0) is 15.5. The van der Waals surface area contributed by atoms with Gasteiger partial charge in [-0.25, -0.2) is 0 Å². The first-order valence-corrected chi connectivity index (χ1v) is 6.87. The van der Waals surface area contributed by atoms with E-state index >= 15 is 0 Å². The van der Waals surface area contributed by atoms with Gasteiger partial charge < -0.3 is 15.7 Å². The van der Waals surface area contributed by atoms with Gasteiger partial charge in [0.05, 0.1) is 13.0 Å². The highest BCUT2D eigenvalue weighted by atomic mass is 16.4. The number of benzene rings is 1. The number of carboxylic acid groups (broad SMARTS) is 1. The van der Waals surface area contributed by atoms with Crippen molar-refractivity contribution in [3.05, 3.63) is 35.9 Å². The fourth-order valence-electron chi connectivity index (χ4n) is 1.71. The minimum atomic E-state index is -0.838. The summed E-state index contributed by atoms with van der Waals surface area (Å²) in [4.78, 5) is 33.4. The van der Waals surface area contributed by atoms with E-state index in [0.717, 1.165) is 5.56 Å². The summed E-state index contributed by atoms with van der Waals surface area (Å²) in [5.74, 6) is -1.32. The molecule has 0 saturated carbocycles. The lowest BCUT2D eigenvalue weighted by Gasteiger charge is -2.06. The number of amides is 2. The van der Waals surface area contributed by atoms with Crippen molar-refractivity contribution in [3.63, 3.8) is 0 Å². The van der Waals surface area contributed by atoms with Gasteiger partial charge in [0.1, 0.15) is 0 Å². The topological polar surface area (TPSA) is 95.5 Å². The van der Waals surface area contributed by atoms with Crippen LogP contribution in [0.2, 0.25) is 0 Å². The SMILES string of the molecule is O=C(O)CCCCNC(=O)CNC(=O)Cc1ccccc1. The van der Waals surface area contributed by atoms with Crippen molar-refractivity contribution < 1.29 is 19.5 Å². The summed E-state index contributed by atoms with van der Waals surface area (Å²) >= 11 is 0. The first-order valence-electron chi connectivity index (χ1n) is 6.87. The molecule has 0 aliphatic rings. The summed E-state index contributed by atoms with van der Waals surface area (Å²) < 4.78 is 0. The van der Waals surface area contributed by atoms with Crippen molar-refractivity contribution in [1.82, 2.24) is 10.6 Å². The zero-order valence-corrected chi connectivity index (χ0v) is 11.8. The minimum absolute atomic E-state index is 0.0649. The van der Waals surface area contributed by atoms with Crippen LogP contribution in [0, 0.1) is 0 Å². The molecular weight excluding hydrogens is 272 g/mol. The number of hydrogen-bond acceptors (Lipinski definition) is 3.